The van der Waals surface area contributed by atoms with E-state index in [1.165, 1.54) is 0 Å². The number of ether oxygens (including phenoxy) is 1. The van der Waals surface area contributed by atoms with Gasteiger partial charge in [0.25, 0.3) is 0 Å². The number of nitrogens with two attached hydrogens (primary N) is 1. The first-order valence-electron chi connectivity index (χ1n) is 4.82. The van der Waals surface area contributed by atoms with Crippen LogP contribution < -0.4 is 10.5 Å². The van der Waals surface area contributed by atoms with E-state index in [0.29, 0.717) is 17.1 Å². The minimum atomic E-state index is -1.19. The number of benzene rings is 1. The Morgan fingerprint density at radius 3 is 2.74 bits per heavy atom. The summed E-state index contributed by atoms with van der Waals surface area (Å²) in [4.78, 5) is 9.38. The van der Waals surface area contributed by atoms with Crippen molar-refractivity contribution in [1.29, 1.82) is 0 Å². The van der Waals surface area contributed by atoms with Gasteiger partial charge in [0.1, 0.15) is 17.3 Å². The summed E-state index contributed by atoms with van der Waals surface area (Å²) >= 11 is 0.933. The predicted molar refractivity (Wildman–Crippen MR) is 61.7 cm³/mol. The molecule has 0 amide bonds. The average molecular weight is 288 g/mol. The van der Waals surface area contributed by atoms with Crippen LogP contribution in [-0.2, 0) is 6.61 Å². The summed E-state index contributed by atoms with van der Waals surface area (Å²) in [6.45, 7) is -0.212. The molecule has 0 saturated carbocycles. The van der Waals surface area contributed by atoms with Crippen LogP contribution in [0.1, 0.15) is 5.69 Å². The number of nitrogens with zero attached hydrogens (tertiary/aromatic N) is 3. The van der Waals surface area contributed by atoms with Gasteiger partial charge in [0, 0.05) is 17.6 Å². The van der Waals surface area contributed by atoms with Gasteiger partial charge in [-0.3, -0.25) is 10.1 Å². The highest BCUT2D eigenvalue weighted by atomic mass is 32.1. The van der Waals surface area contributed by atoms with Gasteiger partial charge in [-0.15, -0.1) is 5.10 Å². The van der Waals surface area contributed by atoms with E-state index in [-0.39, 0.29) is 12.3 Å². The van der Waals surface area contributed by atoms with E-state index < -0.39 is 28.0 Å². The third kappa shape index (κ3) is 2.73. The first kappa shape index (κ1) is 13.1. The van der Waals surface area contributed by atoms with Gasteiger partial charge in [0.05, 0.1) is 11.0 Å². The Morgan fingerprint density at radius 1 is 1.42 bits per heavy atom. The lowest BCUT2D eigenvalue weighted by atomic mass is 10.3. The highest BCUT2D eigenvalue weighted by Gasteiger charge is 2.19. The number of nitrogen functional groups attached to an aromatic ring is 1. The highest BCUT2D eigenvalue weighted by Crippen LogP contribution is 2.27. The first-order chi connectivity index (χ1) is 8.99. The molecule has 7 nitrogen and oxygen atoms in total. The molecule has 0 spiro atoms. The number of halogens is 2. The number of aromatic nitrogens is 2. The third-order valence-corrected chi connectivity index (χ3v) is 2.74. The fourth-order valence-electron chi connectivity index (χ4n) is 1.23. The molecule has 1 heterocycles. The lowest BCUT2D eigenvalue weighted by molar-refractivity contribution is -0.387. The van der Waals surface area contributed by atoms with Crippen molar-refractivity contribution in [2.75, 3.05) is 5.73 Å². The summed E-state index contributed by atoms with van der Waals surface area (Å²) < 4.78 is 35.3. The van der Waals surface area contributed by atoms with E-state index in [4.69, 9.17) is 10.5 Å². The Balaban J connectivity index is 2.20. The first-order valence-corrected chi connectivity index (χ1v) is 5.59. The van der Waals surface area contributed by atoms with E-state index in [1.54, 1.807) is 0 Å². The van der Waals surface area contributed by atoms with E-state index >= 15 is 0 Å². The maximum Gasteiger partial charge on any atom is 0.307 e. The molecule has 10 heteroatoms. The maximum absolute atomic E-state index is 13.5. The Bertz CT molecular complexity index is 634. The molecule has 1 aromatic carbocycles. The summed E-state index contributed by atoms with van der Waals surface area (Å²) in [6.07, 6.45) is 0. The molecule has 0 aliphatic rings. The van der Waals surface area contributed by atoms with Crippen LogP contribution in [0.4, 0.5) is 19.5 Å². The van der Waals surface area contributed by atoms with Crippen molar-refractivity contribution in [2.24, 2.45) is 0 Å². The Hall–Kier alpha value is -2.36. The molecule has 1 aromatic heterocycles. The third-order valence-electron chi connectivity index (χ3n) is 2.15. The Labute approximate surface area is 108 Å². The second kappa shape index (κ2) is 5.10. The smallest absolute Gasteiger partial charge is 0.307 e. The molecule has 19 heavy (non-hydrogen) atoms. The fourth-order valence-corrected chi connectivity index (χ4v) is 1.66. The number of rotatable bonds is 4. The van der Waals surface area contributed by atoms with Crippen molar-refractivity contribution in [1.82, 2.24) is 9.59 Å². The summed E-state index contributed by atoms with van der Waals surface area (Å²) in [5.74, 6) is -2.70. The van der Waals surface area contributed by atoms with Gasteiger partial charge in [-0.05, 0) is 0 Å². The van der Waals surface area contributed by atoms with E-state index in [2.05, 4.69) is 9.59 Å². The van der Waals surface area contributed by atoms with Gasteiger partial charge in [0.15, 0.2) is 11.6 Å². The van der Waals surface area contributed by atoms with Crippen LogP contribution in [0, 0.1) is 21.7 Å². The Kier molecular flexibility index (Phi) is 3.51. The van der Waals surface area contributed by atoms with E-state index in [0.717, 1.165) is 11.5 Å². The SMILES string of the molecule is Nc1snnc1COc1cc(F)c([N+](=O)[O-])cc1F. The fraction of sp³-hybridized carbons (Fsp3) is 0.111. The van der Waals surface area contributed by atoms with Crippen LogP contribution in [-0.4, -0.2) is 14.5 Å². The molecule has 0 aliphatic heterocycles. The monoisotopic (exact) mass is 288 g/mol. The Morgan fingerprint density at radius 2 is 2.16 bits per heavy atom. The van der Waals surface area contributed by atoms with Gasteiger partial charge in [-0.1, -0.05) is 4.49 Å². The molecular weight excluding hydrogens is 282 g/mol. The summed E-state index contributed by atoms with van der Waals surface area (Å²) in [5.41, 5.74) is 4.81. The largest absolute Gasteiger partial charge is 0.484 e. The molecule has 0 unspecified atom stereocenters. The number of hydrogen-bond donors (Lipinski definition) is 1. The summed E-state index contributed by atoms with van der Waals surface area (Å²) in [7, 11) is 0. The molecule has 0 bridgehead atoms. The molecular formula is C9H6F2N4O3S. The lowest BCUT2D eigenvalue weighted by Crippen LogP contribution is -2.02. The van der Waals surface area contributed by atoms with Gasteiger partial charge in [-0.25, -0.2) is 4.39 Å². The average Bonchev–Trinajstić information content (AvgIpc) is 2.75. The number of nitro benzene ring substituents is 1. The second-order valence-corrected chi connectivity index (χ2v) is 4.15. The highest BCUT2D eigenvalue weighted by molar-refractivity contribution is 7.09. The van der Waals surface area contributed by atoms with Gasteiger partial charge in [-0.2, -0.15) is 4.39 Å². The van der Waals surface area contributed by atoms with Crippen molar-refractivity contribution in [3.8, 4) is 5.75 Å². The zero-order valence-electron chi connectivity index (χ0n) is 9.17. The van der Waals surface area contributed by atoms with Crippen molar-refractivity contribution in [3.05, 3.63) is 39.6 Å². The van der Waals surface area contributed by atoms with Crippen LogP contribution in [0.2, 0.25) is 0 Å². The van der Waals surface area contributed by atoms with E-state index in [9.17, 15) is 18.9 Å². The second-order valence-electron chi connectivity index (χ2n) is 3.36. The van der Waals surface area contributed by atoms with Crippen LogP contribution in [0.3, 0.4) is 0 Å². The maximum atomic E-state index is 13.5. The van der Waals surface area contributed by atoms with Gasteiger partial charge in [0.2, 0.25) is 5.82 Å². The van der Waals surface area contributed by atoms with Crippen molar-refractivity contribution in [2.45, 2.75) is 6.61 Å². The molecule has 2 rings (SSSR count). The minimum absolute atomic E-state index is 0.212. The van der Waals surface area contributed by atoms with Crippen molar-refractivity contribution < 1.29 is 18.4 Å². The van der Waals surface area contributed by atoms with Crippen LogP contribution >= 0.6 is 11.5 Å². The molecule has 2 N–H and O–H groups in total. The molecule has 0 atom stereocenters. The molecule has 100 valence electrons. The van der Waals surface area contributed by atoms with Crippen molar-refractivity contribution >= 4 is 22.2 Å². The molecule has 0 fully saturated rings. The summed E-state index contributed by atoms with van der Waals surface area (Å²) in [5, 5.41) is 14.3. The summed E-state index contributed by atoms with van der Waals surface area (Å²) in [6, 6.07) is 1.05. The molecule has 0 aliphatic carbocycles. The quantitative estimate of drug-likeness (QED) is 0.680. The predicted octanol–water partition coefficient (Wildman–Crippen LogP) is 1.89. The number of nitro groups is 1. The van der Waals surface area contributed by atoms with E-state index in [1.807, 2.05) is 0 Å². The van der Waals surface area contributed by atoms with Crippen molar-refractivity contribution in [3.63, 3.8) is 0 Å². The minimum Gasteiger partial charge on any atom is -0.484 e. The molecule has 2 aromatic rings. The number of anilines is 1. The normalized spacial score (nSPS) is 10.4. The molecule has 0 saturated heterocycles. The zero-order chi connectivity index (χ0) is 14.0. The zero-order valence-corrected chi connectivity index (χ0v) is 9.99. The standard InChI is InChI=1S/C9H6F2N4O3S/c10-4-2-8(5(11)1-7(4)15(16)17)18-3-6-9(12)19-14-13-6/h1-2H,3,12H2. The lowest BCUT2D eigenvalue weighted by Gasteiger charge is -2.06. The topological polar surface area (TPSA) is 104 Å². The van der Waals surface area contributed by atoms with Gasteiger partial charge < -0.3 is 10.5 Å². The van der Waals surface area contributed by atoms with Gasteiger partial charge >= 0.3 is 5.69 Å². The van der Waals surface area contributed by atoms with Crippen LogP contribution in [0.15, 0.2) is 12.1 Å². The van der Waals surface area contributed by atoms with Crippen LogP contribution in [0.25, 0.3) is 0 Å². The number of hydrogen-bond acceptors (Lipinski definition) is 7. The molecule has 0 radical (unpaired) electrons. The van der Waals surface area contributed by atoms with Crippen LogP contribution in [0.5, 0.6) is 5.75 Å².